The average Bonchev–Trinajstić information content (AvgIpc) is 3.46. The van der Waals surface area contributed by atoms with E-state index in [1.54, 1.807) is 6.33 Å². The Morgan fingerprint density at radius 2 is 1.81 bits per heavy atom. The first-order valence-electron chi connectivity index (χ1n) is 11.1. The Hall–Kier alpha value is -2.10. The van der Waals surface area contributed by atoms with Crippen LogP contribution in [0.4, 0.5) is 11.5 Å². The maximum Gasteiger partial charge on any atom is 0.187 e. The Labute approximate surface area is 201 Å². The van der Waals surface area contributed by atoms with Crippen LogP contribution >= 0.6 is 27.5 Å². The third-order valence-electron chi connectivity index (χ3n) is 6.37. The molecule has 0 unspecified atom stereocenters. The summed E-state index contributed by atoms with van der Waals surface area (Å²) in [6.07, 6.45) is 4.17. The maximum absolute atomic E-state index is 6.48. The maximum atomic E-state index is 6.48. The lowest BCUT2D eigenvalue weighted by Gasteiger charge is -2.37. The highest BCUT2D eigenvalue weighted by molar-refractivity contribution is 9.10. The van der Waals surface area contributed by atoms with Crippen LogP contribution in [0.5, 0.6) is 5.75 Å². The Balaban J connectivity index is 1.27. The minimum atomic E-state index is 0.672. The number of halogens is 2. The van der Waals surface area contributed by atoms with E-state index in [9.17, 15) is 0 Å². The van der Waals surface area contributed by atoms with Crippen LogP contribution in [0.15, 0.2) is 23.1 Å². The van der Waals surface area contributed by atoms with Gasteiger partial charge in [0, 0.05) is 49.0 Å². The fraction of sp³-hybridized carbons (Fsp3) is 0.500. The molecule has 0 spiro atoms. The number of anilines is 2. The van der Waals surface area contributed by atoms with Crippen molar-refractivity contribution in [2.24, 2.45) is 0 Å². The van der Waals surface area contributed by atoms with Crippen LogP contribution in [-0.2, 0) is 0 Å². The molecule has 0 amide bonds. The number of nitrogens with one attached hydrogen (secondary N) is 1. The van der Waals surface area contributed by atoms with Gasteiger partial charge in [-0.1, -0.05) is 11.6 Å². The van der Waals surface area contributed by atoms with Gasteiger partial charge >= 0.3 is 0 Å². The summed E-state index contributed by atoms with van der Waals surface area (Å²) in [5.41, 5.74) is 2.96. The molecule has 2 aliphatic rings. The van der Waals surface area contributed by atoms with Gasteiger partial charge < -0.3 is 14.5 Å². The van der Waals surface area contributed by atoms with E-state index in [4.69, 9.17) is 16.3 Å². The van der Waals surface area contributed by atoms with Crippen LogP contribution in [0.1, 0.15) is 18.4 Å². The molecule has 5 rings (SSSR count). The summed E-state index contributed by atoms with van der Waals surface area (Å²) in [7, 11) is 0. The molecule has 1 aromatic carbocycles. The minimum Gasteiger partial charge on any atom is -0.492 e. The normalized spacial score (nSPS) is 17.5. The number of H-pyrrole nitrogens is 1. The van der Waals surface area contributed by atoms with Crippen molar-refractivity contribution in [2.45, 2.75) is 19.8 Å². The van der Waals surface area contributed by atoms with Crippen molar-refractivity contribution < 1.29 is 4.74 Å². The number of aromatic nitrogens is 4. The third-order valence-corrected chi connectivity index (χ3v) is 7.16. The largest absolute Gasteiger partial charge is 0.492 e. The number of hydrogen-bond acceptors (Lipinski definition) is 7. The first-order valence-corrected chi connectivity index (χ1v) is 12.3. The summed E-state index contributed by atoms with van der Waals surface area (Å²) in [6.45, 7) is 9.59. The molecule has 2 fully saturated rings. The number of benzene rings is 1. The fourth-order valence-corrected chi connectivity index (χ4v) is 5.26. The predicted octanol–water partition coefficient (Wildman–Crippen LogP) is 3.88. The molecule has 0 bridgehead atoms. The standard InChI is InChI=1S/C22H27BrClN7O/c1-15-17(12-16(24)13-18(15)32-11-10-29-4-2-3-5-29)30-6-8-31(9-7-30)22-19-20(23)27-28-21(19)25-14-26-22/h12-14H,2-11H2,1H3,(H,25,26,27,28). The third kappa shape index (κ3) is 4.38. The van der Waals surface area contributed by atoms with Gasteiger partial charge in [0.2, 0.25) is 0 Å². The van der Waals surface area contributed by atoms with Gasteiger partial charge in [0.25, 0.3) is 0 Å². The first-order chi connectivity index (χ1) is 15.6. The number of piperazine rings is 1. The van der Waals surface area contributed by atoms with E-state index in [0.29, 0.717) is 17.3 Å². The van der Waals surface area contributed by atoms with Gasteiger partial charge in [0.15, 0.2) is 5.65 Å². The Bertz CT molecular complexity index is 1090. The molecule has 0 saturated carbocycles. The van der Waals surface area contributed by atoms with Crippen molar-refractivity contribution in [1.29, 1.82) is 0 Å². The van der Waals surface area contributed by atoms with Crippen LogP contribution < -0.4 is 14.5 Å². The van der Waals surface area contributed by atoms with Crippen molar-refractivity contribution >= 4 is 50.1 Å². The van der Waals surface area contributed by atoms with Gasteiger partial charge in [0.05, 0.1) is 5.39 Å². The first kappa shape index (κ1) is 21.7. The van der Waals surface area contributed by atoms with Gasteiger partial charge in [-0.05, 0) is 60.9 Å². The number of fused-ring (bicyclic) bond motifs is 1. The molecule has 1 N–H and O–H groups in total. The van der Waals surface area contributed by atoms with Crippen LogP contribution in [0.25, 0.3) is 11.0 Å². The smallest absolute Gasteiger partial charge is 0.187 e. The van der Waals surface area contributed by atoms with Crippen LogP contribution in [0, 0.1) is 6.92 Å². The van der Waals surface area contributed by atoms with E-state index in [2.05, 4.69) is 63.8 Å². The number of aromatic amines is 1. The molecule has 0 radical (unpaired) electrons. The van der Waals surface area contributed by atoms with Crippen LogP contribution in [-0.4, -0.2) is 77.5 Å². The zero-order valence-corrected chi connectivity index (χ0v) is 20.5. The Morgan fingerprint density at radius 1 is 1.06 bits per heavy atom. The Morgan fingerprint density at radius 3 is 2.59 bits per heavy atom. The molecule has 0 aliphatic carbocycles. The van der Waals surface area contributed by atoms with Crippen molar-refractivity contribution in [3.8, 4) is 5.75 Å². The van der Waals surface area contributed by atoms with Crippen molar-refractivity contribution in [2.75, 3.05) is 62.2 Å². The van der Waals surface area contributed by atoms with E-state index < -0.39 is 0 Å². The SMILES string of the molecule is Cc1c(OCCN2CCCC2)cc(Cl)cc1N1CCN(c2ncnc3n[nH]c(Br)c23)CC1. The highest BCUT2D eigenvalue weighted by Crippen LogP contribution is 2.35. The molecule has 2 aliphatic heterocycles. The number of ether oxygens (including phenoxy) is 1. The number of nitrogens with zero attached hydrogens (tertiary/aromatic N) is 6. The van der Waals surface area contributed by atoms with Crippen LogP contribution in [0.3, 0.4) is 0 Å². The van der Waals surface area contributed by atoms with Gasteiger partial charge in [-0.2, -0.15) is 5.10 Å². The van der Waals surface area contributed by atoms with Gasteiger partial charge in [-0.3, -0.25) is 10.00 Å². The molecule has 3 aromatic rings. The fourth-order valence-electron chi connectivity index (χ4n) is 4.61. The molecular formula is C22H27BrClN7O. The lowest BCUT2D eigenvalue weighted by molar-refractivity contribution is 0.237. The topological polar surface area (TPSA) is 73.4 Å². The molecule has 10 heteroatoms. The highest BCUT2D eigenvalue weighted by Gasteiger charge is 2.24. The molecular weight excluding hydrogens is 494 g/mol. The zero-order chi connectivity index (χ0) is 22.1. The van der Waals surface area contributed by atoms with Gasteiger partial charge in [0.1, 0.15) is 29.1 Å². The van der Waals surface area contributed by atoms with Crippen molar-refractivity contribution in [1.82, 2.24) is 25.1 Å². The van der Waals surface area contributed by atoms with Gasteiger partial charge in [-0.15, -0.1) is 0 Å². The van der Waals surface area contributed by atoms with Crippen molar-refractivity contribution in [3.63, 3.8) is 0 Å². The quantitative estimate of drug-likeness (QED) is 0.529. The molecule has 0 atom stereocenters. The molecule has 2 saturated heterocycles. The number of likely N-dealkylation sites (tertiary alicyclic amines) is 1. The Kier molecular flexibility index (Phi) is 6.39. The minimum absolute atomic E-state index is 0.672. The number of hydrogen-bond donors (Lipinski definition) is 1. The van der Waals surface area contributed by atoms with E-state index in [0.717, 1.165) is 65.5 Å². The van der Waals surface area contributed by atoms with E-state index in [1.165, 1.54) is 25.9 Å². The summed E-state index contributed by atoms with van der Waals surface area (Å²) in [4.78, 5) is 15.9. The highest BCUT2D eigenvalue weighted by atomic mass is 79.9. The van der Waals surface area contributed by atoms with E-state index >= 15 is 0 Å². The number of rotatable bonds is 6. The molecule has 8 nitrogen and oxygen atoms in total. The van der Waals surface area contributed by atoms with Crippen molar-refractivity contribution in [3.05, 3.63) is 33.6 Å². The molecule has 4 heterocycles. The predicted molar refractivity (Wildman–Crippen MR) is 131 cm³/mol. The lowest BCUT2D eigenvalue weighted by Crippen LogP contribution is -2.47. The lowest BCUT2D eigenvalue weighted by atomic mass is 10.1. The summed E-state index contributed by atoms with van der Waals surface area (Å²) in [5.74, 6) is 1.79. The second kappa shape index (κ2) is 9.41. The summed E-state index contributed by atoms with van der Waals surface area (Å²) in [6, 6.07) is 3.99. The molecule has 32 heavy (non-hydrogen) atoms. The second-order valence-corrected chi connectivity index (χ2v) is 9.58. The van der Waals surface area contributed by atoms with E-state index in [1.807, 2.05) is 6.07 Å². The molecule has 170 valence electrons. The average molecular weight is 521 g/mol. The monoisotopic (exact) mass is 519 g/mol. The van der Waals surface area contributed by atoms with Crippen LogP contribution in [0.2, 0.25) is 5.02 Å². The summed E-state index contributed by atoms with van der Waals surface area (Å²) in [5, 5.41) is 8.80. The van der Waals surface area contributed by atoms with Gasteiger partial charge in [-0.25, -0.2) is 9.97 Å². The summed E-state index contributed by atoms with van der Waals surface area (Å²) < 4.78 is 6.97. The summed E-state index contributed by atoms with van der Waals surface area (Å²) >= 11 is 10.0. The molecule has 2 aromatic heterocycles. The second-order valence-electron chi connectivity index (χ2n) is 8.35. The van der Waals surface area contributed by atoms with E-state index in [-0.39, 0.29) is 0 Å². The zero-order valence-electron chi connectivity index (χ0n) is 18.2.